The van der Waals surface area contributed by atoms with Crippen molar-refractivity contribution in [2.24, 2.45) is 5.92 Å². The van der Waals surface area contributed by atoms with Gasteiger partial charge in [0.15, 0.2) is 0 Å². The molecule has 0 aliphatic carbocycles. The van der Waals surface area contributed by atoms with Gasteiger partial charge in [-0.15, -0.1) is 0 Å². The first-order valence-corrected chi connectivity index (χ1v) is 11.8. The van der Waals surface area contributed by atoms with Gasteiger partial charge in [0.05, 0.1) is 31.9 Å². The highest BCUT2D eigenvalue weighted by Gasteiger charge is 2.42. The lowest BCUT2D eigenvalue weighted by molar-refractivity contribution is -0.126. The molecule has 2 heterocycles. The van der Waals surface area contributed by atoms with E-state index in [0.717, 1.165) is 42.4 Å². The van der Waals surface area contributed by atoms with Gasteiger partial charge in [-0.05, 0) is 35.7 Å². The largest absolute Gasteiger partial charge is 0.497 e. The normalized spacial score (nSPS) is 19.1. The molecule has 0 spiro atoms. The third kappa shape index (κ3) is 4.28. The van der Waals surface area contributed by atoms with Crippen LogP contribution in [0.4, 0.5) is 11.4 Å². The summed E-state index contributed by atoms with van der Waals surface area (Å²) in [6.07, 6.45) is 0.709. The summed E-state index contributed by atoms with van der Waals surface area (Å²) >= 11 is 0. The molecule has 1 fully saturated rings. The maximum absolute atomic E-state index is 13.5. The topological polar surface area (TPSA) is 54.0 Å². The van der Waals surface area contributed by atoms with E-state index in [1.165, 1.54) is 11.3 Å². The minimum Gasteiger partial charge on any atom is -0.497 e. The molecule has 2 aliphatic rings. The molecule has 6 nitrogen and oxygen atoms in total. The fourth-order valence-electron chi connectivity index (χ4n) is 5.23. The summed E-state index contributed by atoms with van der Waals surface area (Å²) in [5.74, 6) is 1.65. The number of nitrogens with one attached hydrogen (secondary N) is 1. The summed E-state index contributed by atoms with van der Waals surface area (Å²) in [5, 5.41) is 3.20. The molecule has 3 aromatic rings. The van der Waals surface area contributed by atoms with E-state index in [2.05, 4.69) is 33.3 Å². The van der Waals surface area contributed by atoms with Crippen molar-refractivity contribution >= 4 is 17.3 Å². The number of ether oxygens (including phenoxy) is 2. The van der Waals surface area contributed by atoms with E-state index in [9.17, 15) is 4.79 Å². The van der Waals surface area contributed by atoms with Gasteiger partial charge in [-0.1, -0.05) is 48.5 Å². The van der Waals surface area contributed by atoms with Crippen molar-refractivity contribution in [3.63, 3.8) is 0 Å². The Morgan fingerprint density at radius 1 is 0.941 bits per heavy atom. The van der Waals surface area contributed by atoms with Crippen LogP contribution >= 0.6 is 0 Å². The highest BCUT2D eigenvalue weighted by Crippen LogP contribution is 2.40. The number of anilines is 2. The van der Waals surface area contributed by atoms with Crippen LogP contribution < -0.4 is 24.6 Å². The molecule has 176 valence electrons. The number of nitrogens with zero attached hydrogens (tertiary/aromatic N) is 2. The number of hydrogen-bond acceptors (Lipinski definition) is 5. The number of methoxy groups -OCH3 is 2. The molecule has 0 radical (unpaired) electrons. The molecule has 5 rings (SSSR count). The van der Waals surface area contributed by atoms with Crippen LogP contribution in [-0.4, -0.2) is 45.8 Å². The molecule has 2 aliphatic heterocycles. The fourth-order valence-corrected chi connectivity index (χ4v) is 5.23. The number of carbonyl (C=O) groups excluding carboxylic acids is 1. The van der Waals surface area contributed by atoms with E-state index in [1.807, 2.05) is 54.6 Å². The Hall–Kier alpha value is -3.67. The standard InChI is InChI=1S/C28H31N3O3/c1-33-22-13-12-21-16-23(28(32)29-18-20-8-4-3-5-9-20)26-19-30(14-15-31(26)25(21)17-22)24-10-6-7-11-27(24)34-2/h3-13,17,23,26H,14-16,18-19H2,1-2H3,(H,29,32)/t23-,26-/m1/s1. The first kappa shape index (κ1) is 22.1. The molecule has 6 heteroatoms. The Kier molecular flexibility index (Phi) is 6.30. The Morgan fingerprint density at radius 3 is 2.53 bits per heavy atom. The quantitative estimate of drug-likeness (QED) is 0.609. The van der Waals surface area contributed by atoms with Crippen molar-refractivity contribution in [1.29, 1.82) is 0 Å². The summed E-state index contributed by atoms with van der Waals surface area (Å²) < 4.78 is 11.1. The maximum Gasteiger partial charge on any atom is 0.225 e. The number of amides is 1. The molecule has 3 aromatic carbocycles. The minimum atomic E-state index is -0.151. The van der Waals surface area contributed by atoms with Crippen molar-refractivity contribution < 1.29 is 14.3 Å². The zero-order chi connectivity index (χ0) is 23.5. The van der Waals surface area contributed by atoms with Gasteiger partial charge in [0.2, 0.25) is 5.91 Å². The maximum atomic E-state index is 13.5. The molecule has 2 atom stereocenters. The third-order valence-corrected chi connectivity index (χ3v) is 7.00. The van der Waals surface area contributed by atoms with Crippen LogP contribution in [0, 0.1) is 5.92 Å². The minimum absolute atomic E-state index is 0.0500. The smallest absolute Gasteiger partial charge is 0.225 e. The lowest BCUT2D eigenvalue weighted by atomic mass is 9.83. The monoisotopic (exact) mass is 457 g/mol. The number of fused-ring (bicyclic) bond motifs is 3. The Morgan fingerprint density at radius 2 is 1.74 bits per heavy atom. The second-order valence-electron chi connectivity index (χ2n) is 8.89. The molecule has 0 saturated carbocycles. The van der Waals surface area contributed by atoms with Crippen LogP contribution in [0.15, 0.2) is 72.8 Å². The number of carbonyl (C=O) groups is 1. The van der Waals surface area contributed by atoms with Crippen LogP contribution in [0.5, 0.6) is 11.5 Å². The SMILES string of the molecule is COc1ccc2c(c1)N1CCN(c3ccccc3OC)C[C@@H]1[C@H](C(=O)NCc1ccccc1)C2. The first-order chi connectivity index (χ1) is 16.7. The van der Waals surface area contributed by atoms with Gasteiger partial charge in [-0.2, -0.15) is 0 Å². The van der Waals surface area contributed by atoms with Crippen LogP contribution in [-0.2, 0) is 17.8 Å². The Balaban J connectivity index is 1.44. The van der Waals surface area contributed by atoms with Crippen molar-refractivity contribution in [1.82, 2.24) is 5.32 Å². The fraction of sp³-hybridized carbons (Fsp3) is 0.321. The molecule has 1 amide bonds. The second kappa shape index (κ2) is 9.67. The molecule has 34 heavy (non-hydrogen) atoms. The summed E-state index contributed by atoms with van der Waals surface area (Å²) in [5.41, 5.74) is 4.55. The van der Waals surface area contributed by atoms with E-state index in [4.69, 9.17) is 9.47 Å². The Bertz CT molecular complexity index is 1150. The van der Waals surface area contributed by atoms with Crippen LogP contribution in [0.3, 0.4) is 0 Å². The number of para-hydroxylation sites is 2. The number of piperazine rings is 1. The van der Waals surface area contributed by atoms with Gasteiger partial charge in [0.1, 0.15) is 11.5 Å². The van der Waals surface area contributed by atoms with E-state index >= 15 is 0 Å². The van der Waals surface area contributed by atoms with Gasteiger partial charge in [-0.25, -0.2) is 0 Å². The molecule has 1 saturated heterocycles. The summed E-state index contributed by atoms with van der Waals surface area (Å²) in [4.78, 5) is 18.3. The van der Waals surface area contributed by atoms with Crippen LogP contribution in [0.25, 0.3) is 0 Å². The van der Waals surface area contributed by atoms with Gasteiger partial charge in [0, 0.05) is 37.9 Å². The highest BCUT2D eigenvalue weighted by molar-refractivity contribution is 5.82. The summed E-state index contributed by atoms with van der Waals surface area (Å²) in [7, 11) is 3.40. The van der Waals surface area contributed by atoms with Crippen molar-refractivity contribution in [3.8, 4) is 11.5 Å². The van der Waals surface area contributed by atoms with E-state index in [1.54, 1.807) is 14.2 Å². The zero-order valence-corrected chi connectivity index (χ0v) is 19.7. The predicted octanol–water partition coefficient (Wildman–Crippen LogP) is 3.89. The van der Waals surface area contributed by atoms with Gasteiger partial charge in [-0.3, -0.25) is 4.79 Å². The second-order valence-corrected chi connectivity index (χ2v) is 8.89. The third-order valence-electron chi connectivity index (χ3n) is 7.00. The van der Waals surface area contributed by atoms with Crippen LogP contribution in [0.2, 0.25) is 0 Å². The predicted molar refractivity (Wildman–Crippen MR) is 135 cm³/mol. The van der Waals surface area contributed by atoms with E-state index in [0.29, 0.717) is 13.0 Å². The molecular weight excluding hydrogens is 426 g/mol. The zero-order valence-electron chi connectivity index (χ0n) is 19.7. The number of rotatable bonds is 6. The van der Waals surface area contributed by atoms with Gasteiger partial charge < -0.3 is 24.6 Å². The van der Waals surface area contributed by atoms with E-state index in [-0.39, 0.29) is 17.9 Å². The average molecular weight is 458 g/mol. The lowest BCUT2D eigenvalue weighted by Crippen LogP contribution is -2.61. The van der Waals surface area contributed by atoms with Crippen LogP contribution in [0.1, 0.15) is 11.1 Å². The lowest BCUT2D eigenvalue weighted by Gasteiger charge is -2.49. The number of benzene rings is 3. The molecular formula is C28H31N3O3. The van der Waals surface area contributed by atoms with Gasteiger partial charge >= 0.3 is 0 Å². The highest BCUT2D eigenvalue weighted by atomic mass is 16.5. The first-order valence-electron chi connectivity index (χ1n) is 11.8. The van der Waals surface area contributed by atoms with Gasteiger partial charge in [0.25, 0.3) is 0 Å². The van der Waals surface area contributed by atoms with Crippen molar-refractivity contribution in [3.05, 3.63) is 83.9 Å². The number of hydrogen-bond donors (Lipinski definition) is 1. The molecule has 0 aromatic heterocycles. The average Bonchev–Trinajstić information content (AvgIpc) is 2.91. The summed E-state index contributed by atoms with van der Waals surface area (Å²) in [6.45, 7) is 2.96. The molecule has 0 bridgehead atoms. The molecule has 1 N–H and O–H groups in total. The van der Waals surface area contributed by atoms with E-state index < -0.39 is 0 Å². The molecule has 0 unspecified atom stereocenters. The van der Waals surface area contributed by atoms with Crippen molar-refractivity contribution in [2.75, 3.05) is 43.7 Å². The van der Waals surface area contributed by atoms with Crippen molar-refractivity contribution in [2.45, 2.75) is 19.0 Å². The summed E-state index contributed by atoms with van der Waals surface area (Å²) in [6, 6.07) is 24.4. The Labute approximate surface area is 201 Å².